The van der Waals surface area contributed by atoms with Crippen LogP contribution in [0.5, 0.6) is 0 Å². The zero-order valence-electron chi connectivity index (χ0n) is 43.7. The Balaban J connectivity index is 1.07. The maximum atomic E-state index is 4.85. The lowest BCUT2D eigenvalue weighted by Gasteiger charge is -2.20. The summed E-state index contributed by atoms with van der Waals surface area (Å²) in [6, 6.07) is 58.2. The molecule has 0 aliphatic carbocycles. The molecule has 0 saturated heterocycles. The number of aromatic amines is 7. The first-order valence-electron chi connectivity index (χ1n) is 26.4. The fourth-order valence-electron chi connectivity index (χ4n) is 12.6. The second kappa shape index (κ2) is 18.9. The molecule has 0 saturated carbocycles. The maximum absolute atomic E-state index is 4.85. The molecule has 9 heterocycles. The van der Waals surface area contributed by atoms with E-state index in [1.54, 1.807) is 0 Å². The first-order valence-corrected chi connectivity index (χ1v) is 26.4. The highest BCUT2D eigenvalue weighted by Gasteiger charge is 2.27. The number of aryl methyl sites for hydroxylation is 6. The van der Waals surface area contributed by atoms with E-state index < -0.39 is 0 Å². The molecule has 8 bridgehead atoms. The molecular formula is C68H60N8. The van der Waals surface area contributed by atoms with Crippen molar-refractivity contribution in [3.05, 3.63) is 316 Å². The molecule has 2 unspecified atom stereocenters. The van der Waals surface area contributed by atoms with Crippen LogP contribution in [0.1, 0.15) is 118 Å². The summed E-state index contributed by atoms with van der Waals surface area (Å²) in [5.74, 6) is 0.0774. The van der Waals surface area contributed by atoms with Gasteiger partial charge in [-0.2, -0.15) is 0 Å². The topological polar surface area (TPSA) is 123 Å². The predicted octanol–water partition coefficient (Wildman–Crippen LogP) is 11.5. The third-order valence-corrected chi connectivity index (χ3v) is 15.7. The van der Waals surface area contributed by atoms with Crippen molar-refractivity contribution >= 4 is 28.5 Å². The Bertz CT molecular complexity index is 4180. The third-order valence-electron chi connectivity index (χ3n) is 15.7. The summed E-state index contributed by atoms with van der Waals surface area (Å²) in [4.78, 5) is 31.5. The first kappa shape index (κ1) is 46.5. The largest absolute Gasteiger partial charge is 0.364 e. The Morgan fingerprint density at radius 1 is 0.395 bits per heavy atom. The number of benzene rings is 4. The van der Waals surface area contributed by atoms with Crippen molar-refractivity contribution in [2.45, 2.75) is 59.4 Å². The van der Waals surface area contributed by atoms with E-state index >= 15 is 0 Å². The predicted molar refractivity (Wildman–Crippen MR) is 309 cm³/mol. The van der Waals surface area contributed by atoms with E-state index in [4.69, 9.17) is 4.99 Å². The fraction of sp³-hybridized carbons (Fsp3) is 0.132. The van der Waals surface area contributed by atoms with E-state index in [0.29, 0.717) is 0 Å². The van der Waals surface area contributed by atoms with Crippen molar-refractivity contribution < 1.29 is 0 Å². The van der Waals surface area contributed by atoms with Crippen molar-refractivity contribution in [3.63, 3.8) is 0 Å². The van der Waals surface area contributed by atoms with E-state index in [9.17, 15) is 0 Å². The molecule has 7 aromatic heterocycles. The molecular weight excluding hydrogens is 929 g/mol. The quantitative estimate of drug-likeness (QED) is 0.0706. The minimum absolute atomic E-state index is 0.0149. The number of H-pyrrole nitrogens is 7. The second-order valence-electron chi connectivity index (χ2n) is 20.9. The number of aromatic nitrogens is 7. The van der Waals surface area contributed by atoms with Crippen LogP contribution in [-0.2, 0) is 0 Å². The molecule has 13 rings (SSSR count). The molecule has 8 heteroatoms. The van der Waals surface area contributed by atoms with Crippen LogP contribution < -0.4 is 21.4 Å². The van der Waals surface area contributed by atoms with Crippen molar-refractivity contribution in [3.8, 4) is 0 Å². The van der Waals surface area contributed by atoms with Crippen LogP contribution in [0.4, 0.5) is 0 Å². The highest BCUT2D eigenvalue weighted by atomic mass is 14.8. The van der Waals surface area contributed by atoms with Gasteiger partial charge in [0.05, 0.1) is 17.9 Å². The standard InChI is InChI=1S/C68H60N8/c1-39-35-41(3)61(42(4)36-39)67-57-27-23-53(73-57)65(47-19-15-45(16-20-47)63(49-11-7-31-69-49)50-12-8-32-70-50)55-25-29-59(75-55)68(62-43(5)37-40(2)38-44(62)6)60-30-26-56(76-60)66(54-24-28-58(67)74-54)48-21-17-46(18-22-48)64(51-13-9-33-71-51)52-14-10-34-72-52/h7-38,49,63-64,70-76H,1-6H3. The number of fused-ring (bicyclic) bond motifs is 8. The SMILES string of the molecule is Cc1cc(C)c(C2=c3ccc([nH]3)=C(c3ccc(C(c4ccc[nH]4)c4ccc[nH]4)cc3)c3ccc([nH]3)C(c3c(C)cc(C)cc3C)=c3ccc([nH]3)=C(c3ccc(C(c4ccc[nH]4)C4C=CC=N4)cc3)c3ccc2[nH]3)c(C)c1. The molecule has 2 aliphatic heterocycles. The molecule has 7 N–H and O–H groups in total. The van der Waals surface area contributed by atoms with Gasteiger partial charge in [-0.25, -0.2) is 0 Å². The Morgan fingerprint density at radius 3 is 1.18 bits per heavy atom. The molecule has 0 radical (unpaired) electrons. The normalized spacial score (nSPS) is 14.7. The molecule has 76 heavy (non-hydrogen) atoms. The van der Waals surface area contributed by atoms with Gasteiger partial charge in [0.1, 0.15) is 0 Å². The molecule has 0 spiro atoms. The Labute approximate surface area is 442 Å². The third kappa shape index (κ3) is 8.23. The van der Waals surface area contributed by atoms with Gasteiger partial charge in [-0.1, -0.05) is 90.0 Å². The molecule has 2 atom stereocenters. The van der Waals surface area contributed by atoms with Gasteiger partial charge in [-0.05, 0) is 188 Å². The Morgan fingerprint density at radius 2 is 0.789 bits per heavy atom. The summed E-state index contributed by atoms with van der Waals surface area (Å²) in [5.41, 5.74) is 26.2. The van der Waals surface area contributed by atoms with Crippen molar-refractivity contribution in [2.24, 2.45) is 4.99 Å². The lowest BCUT2D eigenvalue weighted by molar-refractivity contribution is 0.696. The molecule has 2 aliphatic rings. The van der Waals surface area contributed by atoms with E-state index in [-0.39, 0.29) is 17.9 Å². The number of nitrogens with zero attached hydrogens (tertiary/aromatic N) is 1. The van der Waals surface area contributed by atoms with Gasteiger partial charge in [0.15, 0.2) is 0 Å². The highest BCUT2D eigenvalue weighted by molar-refractivity contribution is 5.87. The van der Waals surface area contributed by atoms with Crippen LogP contribution in [0.3, 0.4) is 0 Å². The van der Waals surface area contributed by atoms with Crippen LogP contribution in [0, 0.1) is 41.5 Å². The lowest BCUT2D eigenvalue weighted by Crippen LogP contribution is -2.20. The van der Waals surface area contributed by atoms with Crippen LogP contribution in [0.25, 0.3) is 22.3 Å². The average Bonchev–Trinajstić information content (AvgIpc) is 4.26. The minimum Gasteiger partial charge on any atom is -0.364 e. The van der Waals surface area contributed by atoms with Gasteiger partial charge in [0.2, 0.25) is 0 Å². The minimum atomic E-state index is 0.0149. The van der Waals surface area contributed by atoms with E-state index in [0.717, 1.165) is 94.7 Å². The van der Waals surface area contributed by atoms with Gasteiger partial charge < -0.3 is 34.9 Å². The number of aliphatic imine (C=N–C) groups is 1. The van der Waals surface area contributed by atoms with Gasteiger partial charge in [0.25, 0.3) is 0 Å². The van der Waals surface area contributed by atoms with E-state index in [2.05, 4.69) is 246 Å². The Kier molecular flexibility index (Phi) is 11.6. The van der Waals surface area contributed by atoms with Crippen LogP contribution in [0.15, 0.2) is 193 Å². The summed E-state index contributed by atoms with van der Waals surface area (Å²) in [6.45, 7) is 13.3. The number of hydrogen-bond donors (Lipinski definition) is 7. The molecule has 4 aromatic carbocycles. The number of nitrogens with one attached hydrogen (secondary N) is 7. The van der Waals surface area contributed by atoms with Gasteiger partial charge >= 0.3 is 0 Å². The summed E-state index contributed by atoms with van der Waals surface area (Å²) in [5, 5.41) is 4.07. The first-order chi connectivity index (χ1) is 37.1. The smallest absolute Gasteiger partial charge is 0.0806 e. The number of hydrogen-bond acceptors (Lipinski definition) is 1. The van der Waals surface area contributed by atoms with Gasteiger partial charge in [-0.15, -0.1) is 0 Å². The zero-order valence-corrected chi connectivity index (χ0v) is 43.7. The summed E-state index contributed by atoms with van der Waals surface area (Å²) >= 11 is 0. The molecule has 8 nitrogen and oxygen atoms in total. The molecule has 372 valence electrons. The maximum Gasteiger partial charge on any atom is 0.0806 e. The lowest BCUT2D eigenvalue weighted by atomic mass is 9.88. The monoisotopic (exact) mass is 988 g/mol. The molecule has 11 aromatic rings. The van der Waals surface area contributed by atoms with E-state index in [1.807, 2.05) is 24.8 Å². The Hall–Kier alpha value is -9.27. The van der Waals surface area contributed by atoms with Gasteiger partial charge in [-0.3, -0.25) is 4.99 Å². The van der Waals surface area contributed by atoms with Gasteiger partial charge in [0, 0.05) is 108 Å². The molecule has 0 fully saturated rings. The fourth-order valence-corrected chi connectivity index (χ4v) is 12.6. The van der Waals surface area contributed by atoms with Crippen molar-refractivity contribution in [1.29, 1.82) is 0 Å². The highest BCUT2D eigenvalue weighted by Crippen LogP contribution is 2.36. The number of rotatable bonds is 10. The van der Waals surface area contributed by atoms with Crippen LogP contribution >= 0.6 is 0 Å². The van der Waals surface area contributed by atoms with Crippen LogP contribution in [-0.4, -0.2) is 47.1 Å². The average molecular weight is 989 g/mol. The van der Waals surface area contributed by atoms with Crippen molar-refractivity contribution in [1.82, 2.24) is 34.9 Å². The summed E-state index contributed by atoms with van der Waals surface area (Å²) in [6.07, 6.45) is 12.2. The number of allylic oxidation sites excluding steroid dienone is 1. The summed E-state index contributed by atoms with van der Waals surface area (Å²) < 4.78 is 0. The van der Waals surface area contributed by atoms with E-state index in [1.165, 1.54) is 55.6 Å². The van der Waals surface area contributed by atoms with Crippen molar-refractivity contribution in [2.75, 3.05) is 0 Å². The summed E-state index contributed by atoms with van der Waals surface area (Å²) in [7, 11) is 0. The molecule has 0 amide bonds. The zero-order chi connectivity index (χ0) is 51.6. The second-order valence-corrected chi connectivity index (χ2v) is 20.9. The van der Waals surface area contributed by atoms with Crippen LogP contribution in [0.2, 0.25) is 0 Å².